The molecule has 0 unspecified atom stereocenters. The molecule has 1 heterocycles. The first-order chi connectivity index (χ1) is 13.6. The summed E-state index contributed by atoms with van der Waals surface area (Å²) in [5, 5.41) is 3.00. The fourth-order valence-corrected chi connectivity index (χ4v) is 3.42. The standard InChI is InChI=1S/C22H25FN2O3/c1-28-20-4-2-3-16(15-20)9-12-24-21(26)17-10-13-25(14-11-17)22(27)18-5-7-19(23)8-6-18/h2-8,15,17H,9-14H2,1H3,(H,24,26). The normalized spacial score (nSPS) is 14.6. The van der Waals surface area contributed by atoms with E-state index in [9.17, 15) is 14.0 Å². The minimum absolute atomic E-state index is 0.0387. The van der Waals surface area contributed by atoms with E-state index >= 15 is 0 Å². The lowest BCUT2D eigenvalue weighted by atomic mass is 9.95. The van der Waals surface area contributed by atoms with Gasteiger partial charge in [0.2, 0.25) is 5.91 Å². The third-order valence-corrected chi connectivity index (χ3v) is 5.09. The van der Waals surface area contributed by atoms with Gasteiger partial charge in [-0.05, 0) is 61.2 Å². The molecule has 1 fully saturated rings. The molecule has 0 aromatic heterocycles. The number of likely N-dealkylation sites (tertiary alicyclic amines) is 1. The van der Waals surface area contributed by atoms with Crippen LogP contribution in [0.4, 0.5) is 4.39 Å². The van der Waals surface area contributed by atoms with Gasteiger partial charge in [-0.2, -0.15) is 0 Å². The van der Waals surface area contributed by atoms with Crippen LogP contribution in [0.1, 0.15) is 28.8 Å². The van der Waals surface area contributed by atoms with E-state index in [1.807, 2.05) is 24.3 Å². The van der Waals surface area contributed by atoms with Crippen molar-refractivity contribution in [2.24, 2.45) is 5.92 Å². The van der Waals surface area contributed by atoms with Gasteiger partial charge in [0.1, 0.15) is 11.6 Å². The molecule has 1 aliphatic heterocycles. The minimum Gasteiger partial charge on any atom is -0.497 e. The number of carbonyl (C=O) groups excluding carboxylic acids is 2. The van der Waals surface area contributed by atoms with Crippen molar-refractivity contribution in [2.75, 3.05) is 26.7 Å². The maximum absolute atomic E-state index is 13.0. The molecule has 5 nitrogen and oxygen atoms in total. The van der Waals surface area contributed by atoms with Crippen molar-refractivity contribution in [3.63, 3.8) is 0 Å². The molecular formula is C22H25FN2O3. The fourth-order valence-electron chi connectivity index (χ4n) is 3.42. The number of methoxy groups -OCH3 is 1. The smallest absolute Gasteiger partial charge is 0.253 e. The lowest BCUT2D eigenvalue weighted by Gasteiger charge is -2.31. The summed E-state index contributed by atoms with van der Waals surface area (Å²) in [6.45, 7) is 1.63. The number of halogens is 1. The summed E-state index contributed by atoms with van der Waals surface area (Å²) in [4.78, 5) is 26.6. The van der Waals surface area contributed by atoms with Crippen LogP contribution in [-0.2, 0) is 11.2 Å². The molecule has 3 rings (SSSR count). The van der Waals surface area contributed by atoms with Crippen LogP contribution in [0, 0.1) is 11.7 Å². The van der Waals surface area contributed by atoms with E-state index in [0.717, 1.165) is 17.7 Å². The van der Waals surface area contributed by atoms with Crippen LogP contribution in [0.5, 0.6) is 5.75 Å². The molecule has 0 aliphatic carbocycles. The largest absolute Gasteiger partial charge is 0.497 e. The highest BCUT2D eigenvalue weighted by Crippen LogP contribution is 2.20. The first-order valence-electron chi connectivity index (χ1n) is 9.52. The van der Waals surface area contributed by atoms with Crippen LogP contribution >= 0.6 is 0 Å². The number of carbonyl (C=O) groups is 2. The van der Waals surface area contributed by atoms with Crippen LogP contribution in [0.25, 0.3) is 0 Å². The van der Waals surface area contributed by atoms with Crippen molar-refractivity contribution in [1.29, 1.82) is 0 Å². The Morgan fingerprint density at radius 3 is 2.54 bits per heavy atom. The molecule has 0 radical (unpaired) electrons. The predicted octanol–water partition coefficient (Wildman–Crippen LogP) is 3.05. The number of piperidine rings is 1. The average Bonchev–Trinajstić information content (AvgIpc) is 2.74. The molecule has 2 aromatic carbocycles. The molecule has 28 heavy (non-hydrogen) atoms. The highest BCUT2D eigenvalue weighted by atomic mass is 19.1. The number of benzene rings is 2. The summed E-state index contributed by atoms with van der Waals surface area (Å²) in [7, 11) is 1.63. The number of nitrogens with zero attached hydrogens (tertiary/aromatic N) is 1. The van der Waals surface area contributed by atoms with E-state index in [1.54, 1.807) is 12.0 Å². The minimum atomic E-state index is -0.360. The van der Waals surface area contributed by atoms with Crippen LogP contribution in [0.3, 0.4) is 0 Å². The van der Waals surface area contributed by atoms with Gasteiger partial charge in [0.25, 0.3) is 5.91 Å². The van der Waals surface area contributed by atoms with Gasteiger partial charge in [-0.15, -0.1) is 0 Å². The number of amides is 2. The van der Waals surface area contributed by atoms with Crippen LogP contribution in [0.2, 0.25) is 0 Å². The monoisotopic (exact) mass is 384 g/mol. The first-order valence-corrected chi connectivity index (χ1v) is 9.52. The van der Waals surface area contributed by atoms with Crippen molar-refractivity contribution in [2.45, 2.75) is 19.3 Å². The van der Waals surface area contributed by atoms with Crippen LogP contribution in [-0.4, -0.2) is 43.5 Å². The Bertz CT molecular complexity index is 815. The summed E-state index contributed by atoms with van der Waals surface area (Å²) in [6.07, 6.45) is 2.01. The zero-order valence-electron chi connectivity index (χ0n) is 16.0. The summed E-state index contributed by atoms with van der Waals surface area (Å²) in [6, 6.07) is 13.4. The quantitative estimate of drug-likeness (QED) is 0.833. The van der Waals surface area contributed by atoms with E-state index in [2.05, 4.69) is 5.32 Å². The summed E-state index contributed by atoms with van der Waals surface area (Å²) in [5.41, 5.74) is 1.59. The molecule has 2 aromatic rings. The maximum Gasteiger partial charge on any atom is 0.253 e. The predicted molar refractivity (Wildman–Crippen MR) is 105 cm³/mol. The van der Waals surface area contributed by atoms with Crippen LogP contribution < -0.4 is 10.1 Å². The molecule has 2 amide bonds. The number of hydrogen-bond acceptors (Lipinski definition) is 3. The van der Waals surface area contributed by atoms with Crippen molar-refractivity contribution in [3.05, 3.63) is 65.5 Å². The molecule has 1 N–H and O–H groups in total. The molecule has 148 valence electrons. The van der Waals surface area contributed by atoms with E-state index in [0.29, 0.717) is 38.0 Å². The summed E-state index contributed by atoms with van der Waals surface area (Å²) < 4.78 is 18.2. The number of ether oxygens (including phenoxy) is 1. The molecule has 6 heteroatoms. The molecule has 1 aliphatic rings. The van der Waals surface area contributed by atoms with E-state index < -0.39 is 0 Å². The third-order valence-electron chi connectivity index (χ3n) is 5.09. The van der Waals surface area contributed by atoms with E-state index in [1.165, 1.54) is 24.3 Å². The third kappa shape index (κ3) is 5.09. The second-order valence-corrected chi connectivity index (χ2v) is 6.97. The number of nitrogens with one attached hydrogen (secondary N) is 1. The fraction of sp³-hybridized carbons (Fsp3) is 0.364. The highest BCUT2D eigenvalue weighted by Gasteiger charge is 2.27. The second-order valence-electron chi connectivity index (χ2n) is 6.97. The van der Waals surface area contributed by atoms with Crippen molar-refractivity contribution >= 4 is 11.8 Å². The molecule has 0 atom stereocenters. The average molecular weight is 384 g/mol. The second kappa shape index (κ2) is 9.35. The summed E-state index contributed by atoms with van der Waals surface area (Å²) in [5.74, 6) is 0.291. The first kappa shape index (κ1) is 19.9. The Morgan fingerprint density at radius 1 is 1.14 bits per heavy atom. The van der Waals surface area contributed by atoms with E-state index in [4.69, 9.17) is 4.74 Å². The topological polar surface area (TPSA) is 58.6 Å². The van der Waals surface area contributed by atoms with Gasteiger partial charge in [0, 0.05) is 31.1 Å². The Morgan fingerprint density at radius 2 is 1.86 bits per heavy atom. The summed E-state index contributed by atoms with van der Waals surface area (Å²) >= 11 is 0. The van der Waals surface area contributed by atoms with Crippen molar-refractivity contribution in [1.82, 2.24) is 10.2 Å². The van der Waals surface area contributed by atoms with Gasteiger partial charge in [-0.25, -0.2) is 4.39 Å². The SMILES string of the molecule is COc1cccc(CCNC(=O)C2CCN(C(=O)c3ccc(F)cc3)CC2)c1. The van der Waals surface area contributed by atoms with Gasteiger partial charge in [-0.1, -0.05) is 12.1 Å². The molecule has 0 bridgehead atoms. The maximum atomic E-state index is 13.0. The zero-order chi connectivity index (χ0) is 19.9. The number of hydrogen-bond donors (Lipinski definition) is 1. The molecule has 0 saturated carbocycles. The lowest BCUT2D eigenvalue weighted by Crippen LogP contribution is -2.43. The van der Waals surface area contributed by atoms with Gasteiger partial charge in [-0.3, -0.25) is 9.59 Å². The van der Waals surface area contributed by atoms with Crippen molar-refractivity contribution < 1.29 is 18.7 Å². The molecular weight excluding hydrogens is 359 g/mol. The van der Waals surface area contributed by atoms with E-state index in [-0.39, 0.29) is 23.5 Å². The molecule has 1 saturated heterocycles. The Hall–Kier alpha value is -2.89. The zero-order valence-corrected chi connectivity index (χ0v) is 16.0. The Kier molecular flexibility index (Phi) is 6.63. The van der Waals surface area contributed by atoms with Crippen LogP contribution in [0.15, 0.2) is 48.5 Å². The Labute approximate surface area is 164 Å². The lowest BCUT2D eigenvalue weighted by molar-refractivity contribution is -0.126. The highest BCUT2D eigenvalue weighted by molar-refractivity contribution is 5.94. The van der Waals surface area contributed by atoms with Gasteiger partial charge in [0.05, 0.1) is 7.11 Å². The number of rotatable bonds is 6. The Balaban J connectivity index is 1.43. The molecule has 0 spiro atoms. The van der Waals surface area contributed by atoms with Gasteiger partial charge in [0.15, 0.2) is 0 Å². The van der Waals surface area contributed by atoms with Gasteiger partial charge < -0.3 is 15.0 Å². The van der Waals surface area contributed by atoms with Gasteiger partial charge >= 0.3 is 0 Å². The van der Waals surface area contributed by atoms with Crippen molar-refractivity contribution in [3.8, 4) is 5.75 Å².